The van der Waals surface area contributed by atoms with Crippen LogP contribution in [0.15, 0.2) is 6.33 Å². The highest BCUT2D eigenvalue weighted by atomic mass is 16.1. The lowest BCUT2D eigenvalue weighted by molar-refractivity contribution is -0.123. The van der Waals surface area contributed by atoms with Crippen LogP contribution in [-0.2, 0) is 17.8 Å². The number of ketones is 1. The first kappa shape index (κ1) is 12.3. The van der Waals surface area contributed by atoms with Crippen LogP contribution in [0.2, 0.25) is 0 Å². The van der Waals surface area contributed by atoms with E-state index in [1.54, 1.807) is 0 Å². The van der Waals surface area contributed by atoms with Gasteiger partial charge in [0.15, 0.2) is 0 Å². The summed E-state index contributed by atoms with van der Waals surface area (Å²) in [6.45, 7) is 5.07. The third kappa shape index (κ3) is 2.93. The van der Waals surface area contributed by atoms with E-state index in [1.165, 1.54) is 19.2 Å². The van der Waals surface area contributed by atoms with Gasteiger partial charge in [-0.05, 0) is 25.7 Å². The molecule has 0 amide bonds. The molecule has 0 bridgehead atoms. The van der Waals surface area contributed by atoms with Crippen molar-refractivity contribution in [3.63, 3.8) is 0 Å². The Morgan fingerprint density at radius 1 is 1.41 bits per heavy atom. The van der Waals surface area contributed by atoms with Gasteiger partial charge in [0.25, 0.3) is 0 Å². The molecule has 1 aromatic rings. The molecule has 17 heavy (non-hydrogen) atoms. The van der Waals surface area contributed by atoms with Gasteiger partial charge in [-0.25, -0.2) is 9.67 Å². The zero-order valence-corrected chi connectivity index (χ0v) is 10.7. The second kappa shape index (κ2) is 5.43. The van der Waals surface area contributed by atoms with Crippen LogP contribution in [0, 0.1) is 11.8 Å². The van der Waals surface area contributed by atoms with Crippen molar-refractivity contribution in [2.75, 3.05) is 0 Å². The molecule has 1 heterocycles. The van der Waals surface area contributed by atoms with Gasteiger partial charge >= 0.3 is 0 Å². The maximum atomic E-state index is 12.2. The quantitative estimate of drug-likeness (QED) is 0.804. The lowest BCUT2D eigenvalue weighted by Crippen LogP contribution is -2.23. The van der Waals surface area contributed by atoms with Gasteiger partial charge in [-0.1, -0.05) is 19.8 Å². The van der Waals surface area contributed by atoms with Crippen LogP contribution < -0.4 is 0 Å². The number of hydrogen-bond donors (Lipinski definition) is 0. The molecule has 1 aliphatic rings. The van der Waals surface area contributed by atoms with Crippen molar-refractivity contribution < 1.29 is 4.79 Å². The summed E-state index contributed by atoms with van der Waals surface area (Å²) in [5.41, 5.74) is 0. The molecule has 1 aromatic heterocycles. The predicted molar refractivity (Wildman–Crippen MR) is 65.5 cm³/mol. The standard InChI is InChI=1S/C13H21N3O/c1-3-16-13(14-9-15-16)8-12(17)11-6-4-10(2)5-7-11/h9-11H,3-8H2,1-2H3. The fraction of sp³-hybridized carbons (Fsp3) is 0.769. The Morgan fingerprint density at radius 2 is 2.12 bits per heavy atom. The lowest BCUT2D eigenvalue weighted by Gasteiger charge is -2.24. The molecule has 0 N–H and O–H groups in total. The van der Waals surface area contributed by atoms with Gasteiger partial charge in [0.2, 0.25) is 0 Å². The van der Waals surface area contributed by atoms with E-state index in [9.17, 15) is 4.79 Å². The van der Waals surface area contributed by atoms with Crippen LogP contribution in [0.5, 0.6) is 0 Å². The van der Waals surface area contributed by atoms with Crippen molar-refractivity contribution in [1.29, 1.82) is 0 Å². The fourth-order valence-electron chi connectivity index (χ4n) is 2.57. The average molecular weight is 235 g/mol. The Bertz CT molecular complexity index is 378. The van der Waals surface area contributed by atoms with Crippen LogP contribution in [0.4, 0.5) is 0 Å². The summed E-state index contributed by atoms with van der Waals surface area (Å²) in [4.78, 5) is 16.3. The van der Waals surface area contributed by atoms with E-state index in [2.05, 4.69) is 17.0 Å². The minimum absolute atomic E-state index is 0.258. The molecule has 94 valence electrons. The van der Waals surface area contributed by atoms with E-state index in [4.69, 9.17) is 0 Å². The average Bonchev–Trinajstić information content (AvgIpc) is 2.77. The number of aryl methyl sites for hydroxylation is 1. The van der Waals surface area contributed by atoms with Crippen LogP contribution in [0.3, 0.4) is 0 Å². The van der Waals surface area contributed by atoms with Gasteiger partial charge in [-0.3, -0.25) is 4.79 Å². The summed E-state index contributed by atoms with van der Waals surface area (Å²) >= 11 is 0. The van der Waals surface area contributed by atoms with Crippen molar-refractivity contribution in [3.8, 4) is 0 Å². The minimum Gasteiger partial charge on any atom is -0.299 e. The summed E-state index contributed by atoms with van der Waals surface area (Å²) in [5, 5.41) is 4.10. The summed E-state index contributed by atoms with van der Waals surface area (Å²) in [6.07, 6.45) is 6.48. The number of carbonyl (C=O) groups excluding carboxylic acids is 1. The zero-order chi connectivity index (χ0) is 12.3. The molecule has 0 radical (unpaired) electrons. The third-order valence-corrected chi connectivity index (χ3v) is 3.80. The van der Waals surface area contributed by atoms with Gasteiger partial charge in [0, 0.05) is 12.5 Å². The molecule has 1 fully saturated rings. The Hall–Kier alpha value is -1.19. The molecule has 0 saturated heterocycles. The van der Waals surface area contributed by atoms with E-state index in [0.29, 0.717) is 12.2 Å². The van der Waals surface area contributed by atoms with Gasteiger partial charge in [0.05, 0.1) is 6.42 Å². The number of carbonyl (C=O) groups is 1. The number of hydrogen-bond acceptors (Lipinski definition) is 3. The first-order valence-corrected chi connectivity index (χ1v) is 6.60. The molecule has 2 rings (SSSR count). The molecule has 1 aliphatic carbocycles. The van der Waals surface area contributed by atoms with Crippen molar-refractivity contribution in [2.45, 2.75) is 52.5 Å². The summed E-state index contributed by atoms with van der Waals surface area (Å²) < 4.78 is 1.81. The fourth-order valence-corrected chi connectivity index (χ4v) is 2.57. The Morgan fingerprint density at radius 3 is 2.76 bits per heavy atom. The molecule has 0 spiro atoms. The normalized spacial score (nSPS) is 24.8. The largest absolute Gasteiger partial charge is 0.299 e. The molecule has 4 heteroatoms. The van der Waals surface area contributed by atoms with E-state index in [-0.39, 0.29) is 5.92 Å². The highest BCUT2D eigenvalue weighted by Gasteiger charge is 2.25. The highest BCUT2D eigenvalue weighted by molar-refractivity contribution is 5.82. The molecular formula is C13H21N3O. The Labute approximate surface area is 102 Å². The summed E-state index contributed by atoms with van der Waals surface area (Å²) in [7, 11) is 0. The second-order valence-corrected chi connectivity index (χ2v) is 5.09. The van der Waals surface area contributed by atoms with Crippen molar-refractivity contribution in [1.82, 2.24) is 14.8 Å². The van der Waals surface area contributed by atoms with Crippen molar-refractivity contribution >= 4 is 5.78 Å². The molecule has 0 aliphatic heterocycles. The monoisotopic (exact) mass is 235 g/mol. The molecule has 1 saturated carbocycles. The van der Waals surface area contributed by atoms with Crippen LogP contribution in [0.1, 0.15) is 45.4 Å². The molecule has 0 atom stereocenters. The smallest absolute Gasteiger partial charge is 0.143 e. The number of rotatable bonds is 4. The topological polar surface area (TPSA) is 47.8 Å². The number of Topliss-reactive ketones (excluding diaryl/α,β-unsaturated/α-hetero) is 1. The first-order valence-electron chi connectivity index (χ1n) is 6.60. The molecular weight excluding hydrogens is 214 g/mol. The van der Waals surface area contributed by atoms with E-state index >= 15 is 0 Å². The van der Waals surface area contributed by atoms with Gasteiger partial charge in [-0.15, -0.1) is 0 Å². The molecule has 4 nitrogen and oxygen atoms in total. The third-order valence-electron chi connectivity index (χ3n) is 3.80. The first-order chi connectivity index (χ1) is 8.20. The van der Waals surface area contributed by atoms with E-state index < -0.39 is 0 Å². The van der Waals surface area contributed by atoms with Crippen molar-refractivity contribution in [3.05, 3.63) is 12.2 Å². The van der Waals surface area contributed by atoms with E-state index in [0.717, 1.165) is 31.1 Å². The minimum atomic E-state index is 0.258. The maximum Gasteiger partial charge on any atom is 0.143 e. The van der Waals surface area contributed by atoms with Gasteiger partial charge in [0.1, 0.15) is 17.9 Å². The molecule has 0 unspecified atom stereocenters. The van der Waals surface area contributed by atoms with Crippen LogP contribution in [-0.4, -0.2) is 20.5 Å². The van der Waals surface area contributed by atoms with Crippen molar-refractivity contribution in [2.24, 2.45) is 11.8 Å². The van der Waals surface area contributed by atoms with Crippen LogP contribution >= 0.6 is 0 Å². The predicted octanol–water partition coefficient (Wildman–Crippen LogP) is 2.24. The highest BCUT2D eigenvalue weighted by Crippen LogP contribution is 2.29. The number of aromatic nitrogens is 3. The lowest BCUT2D eigenvalue weighted by atomic mass is 9.80. The number of nitrogens with zero attached hydrogens (tertiary/aromatic N) is 3. The van der Waals surface area contributed by atoms with Gasteiger partial charge in [-0.2, -0.15) is 5.10 Å². The molecule has 0 aromatic carbocycles. The summed E-state index contributed by atoms with van der Waals surface area (Å²) in [5.74, 6) is 2.21. The Kier molecular flexibility index (Phi) is 3.92. The maximum absolute atomic E-state index is 12.2. The van der Waals surface area contributed by atoms with E-state index in [1.807, 2.05) is 11.6 Å². The zero-order valence-electron chi connectivity index (χ0n) is 10.7. The second-order valence-electron chi connectivity index (χ2n) is 5.09. The van der Waals surface area contributed by atoms with Gasteiger partial charge < -0.3 is 0 Å². The summed E-state index contributed by atoms with van der Waals surface area (Å²) in [6, 6.07) is 0. The Balaban J connectivity index is 1.93. The SMILES string of the molecule is CCn1ncnc1CC(=O)C1CCC(C)CC1. The van der Waals surface area contributed by atoms with Crippen LogP contribution in [0.25, 0.3) is 0 Å².